The van der Waals surface area contributed by atoms with Gasteiger partial charge in [0.1, 0.15) is 0 Å². The average Bonchev–Trinajstić information content (AvgIpc) is 2.39. The van der Waals surface area contributed by atoms with E-state index in [4.69, 9.17) is 0 Å². The van der Waals surface area contributed by atoms with Crippen molar-refractivity contribution in [3.05, 3.63) is 29.8 Å². The Morgan fingerprint density at radius 2 is 1.84 bits per heavy atom. The number of carbonyl (C=O) groups excluding carboxylic acids is 1. The van der Waals surface area contributed by atoms with Gasteiger partial charge in [-0.1, -0.05) is 32.9 Å². The average molecular weight is 262 g/mol. The predicted octanol–water partition coefficient (Wildman–Crippen LogP) is 3.21. The van der Waals surface area contributed by atoms with Crippen molar-refractivity contribution in [1.82, 2.24) is 5.32 Å². The highest BCUT2D eigenvalue weighted by atomic mass is 16.1. The second-order valence-corrected chi connectivity index (χ2v) is 5.28. The zero-order valence-electron chi connectivity index (χ0n) is 12.3. The summed E-state index contributed by atoms with van der Waals surface area (Å²) >= 11 is 0. The minimum Gasteiger partial charge on any atom is -0.326 e. The lowest BCUT2D eigenvalue weighted by molar-refractivity contribution is -0.116. The fraction of sp³-hybridized carbons (Fsp3) is 0.562. The zero-order valence-corrected chi connectivity index (χ0v) is 12.3. The van der Waals surface area contributed by atoms with Crippen LogP contribution in [0.5, 0.6) is 0 Å². The fourth-order valence-corrected chi connectivity index (χ4v) is 1.76. The van der Waals surface area contributed by atoms with Crippen molar-refractivity contribution in [3.8, 4) is 0 Å². The van der Waals surface area contributed by atoms with Crippen molar-refractivity contribution in [1.29, 1.82) is 0 Å². The molecule has 0 aliphatic heterocycles. The highest BCUT2D eigenvalue weighted by molar-refractivity contribution is 5.90. The summed E-state index contributed by atoms with van der Waals surface area (Å²) in [6.45, 7) is 8.25. The molecule has 0 saturated carbocycles. The summed E-state index contributed by atoms with van der Waals surface area (Å²) in [5, 5.41) is 6.20. The smallest absolute Gasteiger partial charge is 0.225 e. The maximum atomic E-state index is 11.7. The molecule has 106 valence electrons. The third-order valence-corrected chi connectivity index (χ3v) is 3.07. The van der Waals surface area contributed by atoms with Gasteiger partial charge in [0, 0.05) is 18.7 Å². The number of hydrogen-bond acceptors (Lipinski definition) is 2. The van der Waals surface area contributed by atoms with Gasteiger partial charge in [0.2, 0.25) is 5.91 Å². The largest absolute Gasteiger partial charge is 0.326 e. The number of benzene rings is 1. The van der Waals surface area contributed by atoms with E-state index in [-0.39, 0.29) is 5.91 Å². The quantitative estimate of drug-likeness (QED) is 0.706. The summed E-state index contributed by atoms with van der Waals surface area (Å²) in [5.74, 6) is 0.778. The maximum absolute atomic E-state index is 11.7. The number of anilines is 1. The monoisotopic (exact) mass is 262 g/mol. The molecule has 1 amide bonds. The van der Waals surface area contributed by atoms with Crippen molar-refractivity contribution in [2.75, 3.05) is 18.4 Å². The molecule has 2 N–H and O–H groups in total. The first-order valence-electron chi connectivity index (χ1n) is 7.21. The number of hydrogen-bond donors (Lipinski definition) is 2. The van der Waals surface area contributed by atoms with Crippen LogP contribution in [-0.2, 0) is 11.2 Å². The molecule has 1 aromatic carbocycles. The molecule has 0 aromatic heterocycles. The molecule has 0 radical (unpaired) electrons. The van der Waals surface area contributed by atoms with Crippen molar-refractivity contribution in [2.24, 2.45) is 5.92 Å². The highest BCUT2D eigenvalue weighted by Gasteiger charge is 2.02. The minimum absolute atomic E-state index is 0.0706. The Bertz CT molecular complexity index is 371. The molecule has 0 fully saturated rings. The van der Waals surface area contributed by atoms with Crippen LogP contribution in [0.25, 0.3) is 0 Å². The summed E-state index contributed by atoms with van der Waals surface area (Å²) in [4.78, 5) is 11.7. The van der Waals surface area contributed by atoms with Gasteiger partial charge in [-0.25, -0.2) is 0 Å². The lowest BCUT2D eigenvalue weighted by Crippen LogP contribution is -2.23. The third-order valence-electron chi connectivity index (χ3n) is 3.07. The molecule has 0 aliphatic rings. The molecular weight excluding hydrogens is 236 g/mol. The molecule has 1 aromatic rings. The van der Waals surface area contributed by atoms with Gasteiger partial charge in [0.15, 0.2) is 0 Å². The molecule has 0 heterocycles. The predicted molar refractivity (Wildman–Crippen MR) is 81.4 cm³/mol. The molecule has 0 unspecified atom stereocenters. The van der Waals surface area contributed by atoms with Crippen LogP contribution in [0.15, 0.2) is 24.3 Å². The molecule has 3 heteroatoms. The van der Waals surface area contributed by atoms with E-state index >= 15 is 0 Å². The van der Waals surface area contributed by atoms with E-state index in [9.17, 15) is 4.79 Å². The van der Waals surface area contributed by atoms with E-state index < -0.39 is 0 Å². The van der Waals surface area contributed by atoms with Gasteiger partial charge in [-0.3, -0.25) is 4.79 Å². The number of amides is 1. The lowest BCUT2D eigenvalue weighted by atomic mass is 10.1. The standard InChI is InChI=1S/C16H26N2O/c1-4-14-5-7-15(8-6-14)18-16(19)10-12-17-11-9-13(2)3/h5-8,13,17H,4,9-12H2,1-3H3,(H,18,19). The lowest BCUT2D eigenvalue weighted by Gasteiger charge is -2.08. The molecule has 0 aliphatic carbocycles. The molecule has 0 bridgehead atoms. The van der Waals surface area contributed by atoms with Crippen molar-refractivity contribution < 1.29 is 4.79 Å². The highest BCUT2D eigenvalue weighted by Crippen LogP contribution is 2.10. The van der Waals surface area contributed by atoms with E-state index in [1.807, 2.05) is 12.1 Å². The van der Waals surface area contributed by atoms with E-state index in [1.54, 1.807) is 0 Å². The minimum atomic E-state index is 0.0706. The van der Waals surface area contributed by atoms with Crippen molar-refractivity contribution >= 4 is 11.6 Å². The van der Waals surface area contributed by atoms with E-state index in [1.165, 1.54) is 5.56 Å². The molecule has 0 saturated heterocycles. The second kappa shape index (κ2) is 8.70. The van der Waals surface area contributed by atoms with Gasteiger partial charge in [-0.2, -0.15) is 0 Å². The van der Waals surface area contributed by atoms with E-state index in [0.717, 1.165) is 31.6 Å². The van der Waals surface area contributed by atoms with Crippen LogP contribution in [0.2, 0.25) is 0 Å². The molecule has 19 heavy (non-hydrogen) atoms. The van der Waals surface area contributed by atoms with Crippen molar-refractivity contribution in [2.45, 2.75) is 40.0 Å². The van der Waals surface area contributed by atoms with Crippen LogP contribution in [0.1, 0.15) is 39.2 Å². The Morgan fingerprint density at radius 1 is 1.16 bits per heavy atom. The van der Waals surface area contributed by atoms with Gasteiger partial charge in [-0.05, 0) is 43.0 Å². The summed E-state index contributed by atoms with van der Waals surface area (Å²) in [5.41, 5.74) is 2.16. The van der Waals surface area contributed by atoms with Crippen LogP contribution in [0.3, 0.4) is 0 Å². The van der Waals surface area contributed by atoms with Crippen molar-refractivity contribution in [3.63, 3.8) is 0 Å². The zero-order chi connectivity index (χ0) is 14.1. The van der Waals surface area contributed by atoms with Crippen LogP contribution in [0, 0.1) is 5.92 Å². The first-order chi connectivity index (χ1) is 9.11. The first-order valence-corrected chi connectivity index (χ1v) is 7.21. The Labute approximate surface area is 116 Å². The Kier molecular flexibility index (Phi) is 7.19. The Morgan fingerprint density at radius 3 is 2.42 bits per heavy atom. The number of rotatable bonds is 8. The molecule has 1 rings (SSSR count). The van der Waals surface area contributed by atoms with Gasteiger partial charge < -0.3 is 10.6 Å². The van der Waals surface area contributed by atoms with Gasteiger partial charge in [0.25, 0.3) is 0 Å². The number of nitrogens with one attached hydrogen (secondary N) is 2. The van der Waals surface area contributed by atoms with Crippen LogP contribution in [0.4, 0.5) is 5.69 Å². The summed E-state index contributed by atoms with van der Waals surface area (Å²) in [6, 6.07) is 8.03. The molecule has 3 nitrogen and oxygen atoms in total. The van der Waals surface area contributed by atoms with Crippen LogP contribution in [-0.4, -0.2) is 19.0 Å². The van der Waals surface area contributed by atoms with E-state index in [2.05, 4.69) is 43.5 Å². The Balaban J connectivity index is 2.19. The number of carbonyl (C=O) groups is 1. The first kappa shape index (κ1) is 15.7. The van der Waals surface area contributed by atoms with Gasteiger partial charge >= 0.3 is 0 Å². The normalized spacial score (nSPS) is 10.7. The summed E-state index contributed by atoms with van der Waals surface area (Å²) in [7, 11) is 0. The van der Waals surface area contributed by atoms with Crippen LogP contribution < -0.4 is 10.6 Å². The summed E-state index contributed by atoms with van der Waals surface area (Å²) in [6.07, 6.45) is 2.70. The van der Waals surface area contributed by atoms with Crippen LogP contribution >= 0.6 is 0 Å². The summed E-state index contributed by atoms with van der Waals surface area (Å²) < 4.78 is 0. The number of aryl methyl sites for hydroxylation is 1. The van der Waals surface area contributed by atoms with E-state index in [0.29, 0.717) is 12.3 Å². The SMILES string of the molecule is CCc1ccc(NC(=O)CCNCCC(C)C)cc1. The molecule has 0 spiro atoms. The fourth-order valence-electron chi connectivity index (χ4n) is 1.76. The topological polar surface area (TPSA) is 41.1 Å². The molecular formula is C16H26N2O. The maximum Gasteiger partial charge on any atom is 0.225 e. The third kappa shape index (κ3) is 6.97. The molecule has 0 atom stereocenters. The van der Waals surface area contributed by atoms with Gasteiger partial charge in [0.05, 0.1) is 0 Å². The van der Waals surface area contributed by atoms with Gasteiger partial charge in [-0.15, -0.1) is 0 Å². The Hall–Kier alpha value is -1.35. The second-order valence-electron chi connectivity index (χ2n) is 5.28.